The predicted octanol–water partition coefficient (Wildman–Crippen LogP) is 5.91. The number of fused-ring (bicyclic) bond motifs is 3. The molecule has 248 valence electrons. The van der Waals surface area contributed by atoms with E-state index in [9.17, 15) is 9.00 Å². The molecule has 2 spiro atoms. The fourth-order valence-electron chi connectivity index (χ4n) is 6.84. The van der Waals surface area contributed by atoms with Crippen molar-refractivity contribution in [2.75, 3.05) is 16.2 Å². The molecule has 0 saturated carbocycles. The van der Waals surface area contributed by atoms with Crippen LogP contribution in [0.15, 0.2) is 119 Å². The number of ether oxygens (including phenoxy) is 1. The molecule has 3 amide bonds. The number of hydrogen-bond acceptors (Lipinski definition) is 7. The summed E-state index contributed by atoms with van der Waals surface area (Å²) < 4.78 is 19.7. The maximum atomic E-state index is 15.7. The van der Waals surface area contributed by atoms with Crippen LogP contribution in [0, 0.1) is 6.92 Å². The number of benzene rings is 4. The molecule has 3 aliphatic heterocycles. The summed E-state index contributed by atoms with van der Waals surface area (Å²) in [5.41, 5.74) is -1.70. The molecule has 10 nitrogen and oxygen atoms in total. The third-order valence-electron chi connectivity index (χ3n) is 8.84. The first-order valence-electron chi connectivity index (χ1n) is 15.9. The van der Waals surface area contributed by atoms with Gasteiger partial charge in [0, 0.05) is 17.4 Å². The Labute approximate surface area is 287 Å². The number of carbonyl (C=O) groups excluding carboxylic acids is 3. The van der Waals surface area contributed by atoms with E-state index in [1.54, 1.807) is 74.2 Å². The lowest BCUT2D eigenvalue weighted by atomic mass is 9.68. The van der Waals surface area contributed by atoms with Crippen molar-refractivity contribution in [1.82, 2.24) is 4.90 Å². The minimum Gasteiger partial charge on any atom is -0.443 e. The van der Waals surface area contributed by atoms with E-state index in [0.717, 1.165) is 16.0 Å². The minimum absolute atomic E-state index is 0.134. The molecule has 0 bridgehead atoms. The average Bonchev–Trinajstić information content (AvgIpc) is 3.65. The summed E-state index contributed by atoms with van der Waals surface area (Å²) in [6.45, 7) is 7.17. The highest BCUT2D eigenvalue weighted by Gasteiger charge is 2.80. The summed E-state index contributed by atoms with van der Waals surface area (Å²) in [6.07, 6.45) is 0.407. The van der Waals surface area contributed by atoms with Gasteiger partial charge in [0.05, 0.1) is 28.7 Å². The van der Waals surface area contributed by atoms with E-state index in [-0.39, 0.29) is 17.4 Å². The van der Waals surface area contributed by atoms with E-state index >= 15 is 9.59 Å². The zero-order chi connectivity index (χ0) is 34.7. The molecule has 3 aliphatic rings. The number of para-hydroxylation sites is 2. The Bertz CT molecular complexity index is 2080. The summed E-state index contributed by atoms with van der Waals surface area (Å²) in [5.74, 6) is -1.27. The molecule has 4 aromatic carbocycles. The third kappa shape index (κ3) is 4.82. The maximum absolute atomic E-state index is 15.7. The van der Waals surface area contributed by atoms with Crippen LogP contribution in [0.5, 0.6) is 0 Å². The van der Waals surface area contributed by atoms with Crippen molar-refractivity contribution >= 4 is 51.0 Å². The fourth-order valence-corrected chi connectivity index (χ4v) is 7.57. The Morgan fingerprint density at radius 3 is 2.08 bits per heavy atom. The monoisotopic (exact) mass is 673 g/mol. The number of carbonyl (C=O) groups is 3. The molecule has 0 aliphatic carbocycles. The van der Waals surface area contributed by atoms with E-state index in [4.69, 9.17) is 14.8 Å². The summed E-state index contributed by atoms with van der Waals surface area (Å²) >= 11 is 0. The molecule has 11 heteroatoms. The van der Waals surface area contributed by atoms with Gasteiger partial charge < -0.3 is 9.64 Å². The molecule has 0 saturated heterocycles. The number of aliphatic imine (C=N–C) groups is 1. The highest BCUT2D eigenvalue weighted by atomic mass is 32.2. The van der Waals surface area contributed by atoms with Gasteiger partial charge in [-0.05, 0) is 51.5 Å². The van der Waals surface area contributed by atoms with Gasteiger partial charge >= 0.3 is 6.09 Å². The number of amidine groups is 1. The Morgan fingerprint density at radius 2 is 1.45 bits per heavy atom. The molecule has 7 rings (SSSR count). The summed E-state index contributed by atoms with van der Waals surface area (Å²) in [5, 5.41) is 5.88. The molecule has 0 fully saturated rings. The number of hydrazone groups is 1. The lowest BCUT2D eigenvalue weighted by Crippen LogP contribution is -2.69. The number of aryl methyl sites for hydroxylation is 1. The quantitative estimate of drug-likeness (QED) is 0.267. The first kappa shape index (κ1) is 32.1. The molecule has 0 aromatic heterocycles. The second-order valence-electron chi connectivity index (χ2n) is 13.2. The molecule has 4 aromatic rings. The Balaban J connectivity index is 1.59. The van der Waals surface area contributed by atoms with Gasteiger partial charge in [0.2, 0.25) is 10.7 Å². The van der Waals surface area contributed by atoms with Gasteiger partial charge in [-0.3, -0.25) is 13.8 Å². The maximum Gasteiger partial charge on any atom is 0.417 e. The van der Waals surface area contributed by atoms with Crippen molar-refractivity contribution in [3.63, 3.8) is 0 Å². The normalized spacial score (nSPS) is 22.1. The topological polar surface area (TPSA) is 112 Å². The smallest absolute Gasteiger partial charge is 0.417 e. The zero-order valence-corrected chi connectivity index (χ0v) is 28.6. The van der Waals surface area contributed by atoms with Gasteiger partial charge in [0.15, 0.2) is 5.54 Å². The fraction of sp³-hybridized carbons (Fsp3) is 0.237. The number of anilines is 2. The van der Waals surface area contributed by atoms with Gasteiger partial charge in [-0.15, -0.1) is 0 Å². The van der Waals surface area contributed by atoms with Crippen molar-refractivity contribution in [1.29, 1.82) is 0 Å². The van der Waals surface area contributed by atoms with Gasteiger partial charge in [-0.25, -0.2) is 14.7 Å². The van der Waals surface area contributed by atoms with Crippen LogP contribution in [0.25, 0.3) is 0 Å². The van der Waals surface area contributed by atoms with Crippen molar-refractivity contribution < 1.29 is 23.3 Å². The second kappa shape index (κ2) is 11.6. The third-order valence-corrected chi connectivity index (χ3v) is 9.63. The molecule has 49 heavy (non-hydrogen) atoms. The number of hydrogen-bond donors (Lipinski definition) is 0. The largest absolute Gasteiger partial charge is 0.443 e. The van der Waals surface area contributed by atoms with Gasteiger partial charge in [-0.1, -0.05) is 96.6 Å². The molecule has 0 radical (unpaired) electrons. The van der Waals surface area contributed by atoms with Crippen LogP contribution in [0.2, 0.25) is 0 Å². The molecular weight excluding hydrogens is 639 g/mol. The van der Waals surface area contributed by atoms with E-state index in [0.29, 0.717) is 22.5 Å². The predicted molar refractivity (Wildman–Crippen MR) is 190 cm³/mol. The van der Waals surface area contributed by atoms with E-state index < -0.39 is 45.4 Å². The SMILES string of the molecule is Cc1ccc(C2=NN(c3ccccc3)C(=O)[C@@]23N=C([S@@](C)=O)N(C(=O)OC(C)(C)C)[C@]32C(=O)N(Cc3ccccc3)c3ccccc32)cc1. The van der Waals surface area contributed by atoms with Crippen molar-refractivity contribution in [2.24, 2.45) is 10.1 Å². The first-order valence-corrected chi connectivity index (χ1v) is 17.4. The van der Waals surface area contributed by atoms with Crippen LogP contribution in [-0.4, -0.2) is 55.3 Å². The van der Waals surface area contributed by atoms with Gasteiger partial charge in [0.25, 0.3) is 11.8 Å². The summed E-state index contributed by atoms with van der Waals surface area (Å²) in [7, 11) is -1.97. The first-order chi connectivity index (χ1) is 23.4. The molecule has 0 N–H and O–H groups in total. The summed E-state index contributed by atoms with van der Waals surface area (Å²) in [4.78, 5) is 53.3. The molecule has 0 unspecified atom stereocenters. The van der Waals surface area contributed by atoms with Crippen LogP contribution in [0.4, 0.5) is 16.2 Å². The molecule has 3 heterocycles. The van der Waals surface area contributed by atoms with Crippen LogP contribution in [0.1, 0.15) is 43.0 Å². The highest BCUT2D eigenvalue weighted by Crippen LogP contribution is 2.59. The molecular formula is C38H35N5O5S. The van der Waals surface area contributed by atoms with Crippen LogP contribution < -0.4 is 9.91 Å². The lowest BCUT2D eigenvalue weighted by Gasteiger charge is -2.42. The number of nitrogens with zero attached hydrogens (tertiary/aromatic N) is 5. The van der Waals surface area contributed by atoms with Crippen molar-refractivity contribution in [2.45, 2.75) is 50.9 Å². The second-order valence-corrected chi connectivity index (χ2v) is 14.5. The lowest BCUT2D eigenvalue weighted by molar-refractivity contribution is -0.135. The summed E-state index contributed by atoms with van der Waals surface area (Å²) in [6, 6.07) is 32.7. The Morgan fingerprint density at radius 1 is 0.837 bits per heavy atom. The molecule has 3 atom stereocenters. The van der Waals surface area contributed by atoms with Crippen molar-refractivity contribution in [3.05, 3.63) is 131 Å². The standard InChI is InChI=1S/C38H35N5O5S/c1-25-20-22-27(23-21-25)31-37(32(44)43(40-31)28-16-10-7-11-17-28)38(42(34(39-37)49(5)47)35(46)48-36(2,3)4)29-18-12-13-19-30(29)41(33(38)45)24-26-14-8-6-9-15-26/h6-23H,24H2,1-5H3/t37-,38+,49+/m0/s1. The number of amides is 3. The Kier molecular flexibility index (Phi) is 7.63. The van der Waals surface area contributed by atoms with E-state index in [1.807, 2.05) is 67.6 Å². The van der Waals surface area contributed by atoms with Crippen molar-refractivity contribution in [3.8, 4) is 0 Å². The van der Waals surface area contributed by atoms with Crippen LogP contribution in [0.3, 0.4) is 0 Å². The van der Waals surface area contributed by atoms with Crippen LogP contribution >= 0.6 is 0 Å². The highest BCUT2D eigenvalue weighted by molar-refractivity contribution is 7.99. The Hall–Kier alpha value is -5.42. The van der Waals surface area contributed by atoms with Gasteiger partial charge in [0.1, 0.15) is 11.3 Å². The minimum atomic E-state index is -2.20. The van der Waals surface area contributed by atoms with Crippen LogP contribution in [-0.2, 0) is 37.2 Å². The average molecular weight is 674 g/mol. The van der Waals surface area contributed by atoms with E-state index in [2.05, 4.69) is 0 Å². The number of rotatable bonds is 4. The van der Waals surface area contributed by atoms with E-state index in [1.165, 1.54) is 11.3 Å². The zero-order valence-electron chi connectivity index (χ0n) is 27.8. The van der Waals surface area contributed by atoms with Gasteiger partial charge in [-0.2, -0.15) is 10.1 Å².